The molecule has 3 aromatic rings. The number of carbonyl (C=O) groups excluding carboxylic acids is 1. The minimum absolute atomic E-state index is 0.0470. The van der Waals surface area contributed by atoms with Gasteiger partial charge in [-0.15, -0.1) is 21.5 Å². The molecular weight excluding hydrogens is 354 g/mol. The zero-order valence-electron chi connectivity index (χ0n) is 12.6. The molecule has 23 heavy (non-hydrogen) atoms. The quantitative estimate of drug-likeness (QED) is 0.528. The van der Waals surface area contributed by atoms with Crippen molar-refractivity contribution in [2.24, 2.45) is 0 Å². The lowest BCUT2D eigenvalue weighted by molar-refractivity contribution is 0.102. The Morgan fingerprint density at radius 2 is 2.13 bits per heavy atom. The average Bonchev–Trinajstić information content (AvgIpc) is 3.10. The Labute approximate surface area is 143 Å². The molecule has 10 heteroatoms. The van der Waals surface area contributed by atoms with E-state index in [9.17, 15) is 9.59 Å². The van der Waals surface area contributed by atoms with Gasteiger partial charge in [-0.05, 0) is 19.4 Å². The van der Waals surface area contributed by atoms with Crippen molar-refractivity contribution in [2.75, 3.05) is 12.4 Å². The molecule has 0 radical (unpaired) electrons. The fourth-order valence-electron chi connectivity index (χ4n) is 2.09. The van der Waals surface area contributed by atoms with E-state index >= 15 is 0 Å². The molecule has 0 saturated carbocycles. The highest BCUT2D eigenvalue weighted by Gasteiger charge is 2.17. The highest BCUT2D eigenvalue weighted by atomic mass is 32.2. The van der Waals surface area contributed by atoms with Crippen LogP contribution in [0, 0.1) is 6.92 Å². The number of nitrogens with one attached hydrogen (secondary N) is 2. The lowest BCUT2D eigenvalue weighted by atomic mass is 10.2. The summed E-state index contributed by atoms with van der Waals surface area (Å²) in [7, 11) is 1.79. The highest BCUT2D eigenvalue weighted by molar-refractivity contribution is 8.00. The van der Waals surface area contributed by atoms with E-state index < -0.39 is 0 Å². The van der Waals surface area contributed by atoms with Crippen LogP contribution in [0.25, 0.3) is 10.2 Å². The molecule has 0 fully saturated rings. The zero-order valence-corrected chi connectivity index (χ0v) is 15.0. The molecule has 0 aliphatic rings. The van der Waals surface area contributed by atoms with E-state index in [-0.39, 0.29) is 11.3 Å². The predicted octanol–water partition coefficient (Wildman–Crippen LogP) is 2.68. The number of hydrogen-bond donors (Lipinski definition) is 2. The maximum absolute atomic E-state index is 12.3. The molecule has 0 atom stereocenters. The number of thioether (sulfide) groups is 1. The first kappa shape index (κ1) is 16.1. The summed E-state index contributed by atoms with van der Waals surface area (Å²) < 4.78 is 0.795. The van der Waals surface area contributed by atoms with Crippen LogP contribution in [-0.2, 0) is 5.75 Å². The van der Waals surface area contributed by atoms with Crippen molar-refractivity contribution in [3.8, 4) is 0 Å². The first-order valence-electron chi connectivity index (χ1n) is 6.67. The molecule has 3 aromatic heterocycles. The van der Waals surface area contributed by atoms with Gasteiger partial charge in [-0.3, -0.25) is 9.59 Å². The van der Waals surface area contributed by atoms with E-state index in [4.69, 9.17) is 0 Å². The third kappa shape index (κ3) is 3.14. The van der Waals surface area contributed by atoms with Crippen molar-refractivity contribution in [3.63, 3.8) is 0 Å². The van der Waals surface area contributed by atoms with E-state index in [2.05, 4.69) is 25.5 Å². The van der Waals surface area contributed by atoms with Crippen LogP contribution in [-0.4, -0.2) is 33.0 Å². The maximum Gasteiger partial charge on any atom is 0.259 e. The number of thiophene rings is 1. The molecule has 0 amide bonds. The number of hydrogen-bond acceptors (Lipinski definition) is 9. The van der Waals surface area contributed by atoms with Crippen molar-refractivity contribution in [3.05, 3.63) is 26.6 Å². The Kier molecular flexibility index (Phi) is 4.46. The summed E-state index contributed by atoms with van der Waals surface area (Å²) in [6.07, 6.45) is 0. The summed E-state index contributed by atoms with van der Waals surface area (Å²) in [5.41, 5.74) is 0.494. The van der Waals surface area contributed by atoms with Gasteiger partial charge in [0.1, 0.15) is 10.7 Å². The molecule has 3 heterocycles. The Morgan fingerprint density at radius 3 is 2.78 bits per heavy atom. The minimum atomic E-state index is -0.208. The van der Waals surface area contributed by atoms with E-state index in [1.807, 2.05) is 0 Å². The number of aromatic amines is 1. The van der Waals surface area contributed by atoms with Crippen molar-refractivity contribution >= 4 is 55.6 Å². The average molecular weight is 367 g/mol. The number of carbonyl (C=O) groups is 1. The number of anilines is 1. The van der Waals surface area contributed by atoms with Gasteiger partial charge in [-0.1, -0.05) is 23.1 Å². The van der Waals surface area contributed by atoms with Crippen molar-refractivity contribution in [1.29, 1.82) is 0 Å². The number of aromatic nitrogens is 4. The molecule has 0 spiro atoms. The monoisotopic (exact) mass is 367 g/mol. The van der Waals surface area contributed by atoms with Gasteiger partial charge < -0.3 is 10.3 Å². The summed E-state index contributed by atoms with van der Waals surface area (Å²) in [6, 6.07) is 0. The van der Waals surface area contributed by atoms with E-state index in [1.165, 1.54) is 41.4 Å². The standard InChI is InChI=1S/C13H13N5O2S3/c1-5-8-10(20)15-7(16-11(8)22-9(5)6(2)19)4-21-13-18-17-12(14-3)23-13/h4H2,1-3H3,(H,14,17)(H,15,16,20). The first-order valence-corrected chi connectivity index (χ1v) is 9.28. The number of Topliss-reactive ketones (excluding diaryl/α,β-unsaturated/α-hetero) is 1. The SMILES string of the molecule is CNc1nnc(SCc2nc3sc(C(C)=O)c(C)c3c(=O)[nH]2)s1. The summed E-state index contributed by atoms with van der Waals surface area (Å²) >= 11 is 4.16. The predicted molar refractivity (Wildman–Crippen MR) is 94.0 cm³/mol. The van der Waals surface area contributed by atoms with Crippen molar-refractivity contribution in [1.82, 2.24) is 20.2 Å². The fourth-order valence-corrected chi connectivity index (χ4v) is 4.76. The number of aryl methyl sites for hydroxylation is 1. The molecule has 0 aliphatic heterocycles. The van der Waals surface area contributed by atoms with Crippen LogP contribution in [0.3, 0.4) is 0 Å². The van der Waals surface area contributed by atoms with Crippen molar-refractivity contribution in [2.45, 2.75) is 23.9 Å². The van der Waals surface area contributed by atoms with Gasteiger partial charge in [0.25, 0.3) is 5.56 Å². The molecule has 2 N–H and O–H groups in total. The first-order chi connectivity index (χ1) is 11.0. The third-order valence-electron chi connectivity index (χ3n) is 3.12. The lowest BCUT2D eigenvalue weighted by Crippen LogP contribution is -2.11. The molecular formula is C13H13N5O2S3. The number of fused-ring (bicyclic) bond motifs is 1. The van der Waals surface area contributed by atoms with Crippen LogP contribution in [0.15, 0.2) is 9.13 Å². The van der Waals surface area contributed by atoms with Gasteiger partial charge in [0, 0.05) is 7.05 Å². The minimum Gasteiger partial charge on any atom is -0.363 e. The van der Waals surface area contributed by atoms with Gasteiger partial charge in [-0.2, -0.15) is 0 Å². The van der Waals surface area contributed by atoms with Crippen LogP contribution in [0.2, 0.25) is 0 Å². The molecule has 0 saturated heterocycles. The fraction of sp³-hybridized carbons (Fsp3) is 0.308. The second-order valence-corrected chi connectivity index (χ2v) is 7.92. The number of rotatable bonds is 5. The van der Waals surface area contributed by atoms with Crippen LogP contribution >= 0.6 is 34.4 Å². The Morgan fingerprint density at radius 1 is 1.35 bits per heavy atom. The van der Waals surface area contributed by atoms with Crippen LogP contribution in [0.1, 0.15) is 28.0 Å². The van der Waals surface area contributed by atoms with E-state index in [1.54, 1.807) is 14.0 Å². The number of ketones is 1. The Balaban J connectivity index is 1.90. The second kappa shape index (κ2) is 6.38. The summed E-state index contributed by atoms with van der Waals surface area (Å²) in [5.74, 6) is 0.995. The topological polar surface area (TPSA) is 101 Å². The summed E-state index contributed by atoms with van der Waals surface area (Å²) in [6.45, 7) is 3.28. The summed E-state index contributed by atoms with van der Waals surface area (Å²) in [4.78, 5) is 32.3. The number of nitrogens with zero attached hydrogens (tertiary/aromatic N) is 3. The summed E-state index contributed by atoms with van der Waals surface area (Å²) in [5, 5.41) is 12.2. The zero-order chi connectivity index (χ0) is 16.6. The molecule has 0 bridgehead atoms. The third-order valence-corrected chi connectivity index (χ3v) is 6.49. The van der Waals surface area contributed by atoms with Crippen molar-refractivity contribution < 1.29 is 4.79 Å². The molecule has 7 nitrogen and oxygen atoms in total. The van der Waals surface area contributed by atoms with Crippen LogP contribution < -0.4 is 10.9 Å². The molecule has 0 aromatic carbocycles. The second-order valence-electron chi connectivity index (χ2n) is 4.72. The van der Waals surface area contributed by atoms with Gasteiger partial charge in [0.05, 0.1) is 16.0 Å². The van der Waals surface area contributed by atoms with E-state index in [0.29, 0.717) is 32.2 Å². The molecule has 3 rings (SSSR count). The Bertz CT molecular complexity index is 943. The number of H-pyrrole nitrogens is 1. The lowest BCUT2D eigenvalue weighted by Gasteiger charge is -1.99. The molecule has 0 unspecified atom stereocenters. The largest absolute Gasteiger partial charge is 0.363 e. The highest BCUT2D eigenvalue weighted by Crippen LogP contribution is 2.29. The van der Waals surface area contributed by atoms with Crippen LogP contribution in [0.4, 0.5) is 5.13 Å². The van der Waals surface area contributed by atoms with Gasteiger partial charge in [0.2, 0.25) is 5.13 Å². The normalized spacial score (nSPS) is 11.1. The van der Waals surface area contributed by atoms with Gasteiger partial charge >= 0.3 is 0 Å². The van der Waals surface area contributed by atoms with Gasteiger partial charge in [-0.25, -0.2) is 4.98 Å². The molecule has 120 valence electrons. The smallest absolute Gasteiger partial charge is 0.259 e. The Hall–Kier alpha value is -1.78. The van der Waals surface area contributed by atoms with E-state index in [0.717, 1.165) is 9.47 Å². The van der Waals surface area contributed by atoms with Gasteiger partial charge in [0.15, 0.2) is 10.1 Å². The molecule has 0 aliphatic carbocycles. The maximum atomic E-state index is 12.3. The van der Waals surface area contributed by atoms with Crippen LogP contribution in [0.5, 0.6) is 0 Å².